The van der Waals surface area contributed by atoms with Crippen LogP contribution in [0, 0.1) is 0 Å². The number of hydrogen-bond donors (Lipinski definition) is 2. The lowest BCUT2D eigenvalue weighted by atomic mass is 10.1. The quantitative estimate of drug-likeness (QED) is 0.794. The maximum atomic E-state index is 11.7. The van der Waals surface area contributed by atoms with Crippen molar-refractivity contribution in [2.24, 2.45) is 0 Å². The highest BCUT2D eigenvalue weighted by Gasteiger charge is 2.13. The van der Waals surface area contributed by atoms with Gasteiger partial charge in [0.1, 0.15) is 0 Å². The number of hydrogen-bond acceptors (Lipinski definition) is 3. The first-order valence-electron chi connectivity index (χ1n) is 7.12. The first-order valence-corrected chi connectivity index (χ1v) is 7.49. The molecule has 0 spiro atoms. The van der Waals surface area contributed by atoms with Crippen LogP contribution in [0.1, 0.15) is 25.7 Å². The van der Waals surface area contributed by atoms with Crippen molar-refractivity contribution in [1.82, 2.24) is 5.32 Å². The smallest absolute Gasteiger partial charge is 0.238 e. The van der Waals surface area contributed by atoms with E-state index in [1.807, 2.05) is 12.1 Å². The van der Waals surface area contributed by atoms with Crippen molar-refractivity contribution in [3.63, 3.8) is 0 Å². The lowest BCUT2D eigenvalue weighted by Gasteiger charge is -2.22. The number of rotatable bonds is 6. The maximum absolute atomic E-state index is 11.7. The molecular formula is C15H21ClN2O2. The minimum absolute atomic E-state index is 0.0585. The van der Waals surface area contributed by atoms with Crippen molar-refractivity contribution in [1.29, 1.82) is 0 Å². The van der Waals surface area contributed by atoms with Crippen LogP contribution in [0.25, 0.3) is 0 Å². The summed E-state index contributed by atoms with van der Waals surface area (Å²) >= 11 is 5.86. The fourth-order valence-corrected chi connectivity index (χ4v) is 2.46. The largest absolute Gasteiger partial charge is 0.378 e. The van der Waals surface area contributed by atoms with Gasteiger partial charge in [0.2, 0.25) is 5.91 Å². The van der Waals surface area contributed by atoms with Gasteiger partial charge in [-0.3, -0.25) is 4.79 Å². The zero-order valence-electron chi connectivity index (χ0n) is 11.5. The Balaban J connectivity index is 1.60. The average molecular weight is 297 g/mol. The van der Waals surface area contributed by atoms with Gasteiger partial charge < -0.3 is 15.4 Å². The topological polar surface area (TPSA) is 50.4 Å². The van der Waals surface area contributed by atoms with Crippen LogP contribution in [0.15, 0.2) is 24.3 Å². The molecule has 2 rings (SSSR count). The summed E-state index contributed by atoms with van der Waals surface area (Å²) < 4.78 is 5.64. The Morgan fingerprint density at radius 1 is 1.40 bits per heavy atom. The molecule has 1 aliphatic rings. The van der Waals surface area contributed by atoms with Crippen molar-refractivity contribution in [3.8, 4) is 0 Å². The van der Waals surface area contributed by atoms with Crippen LogP contribution >= 0.6 is 11.6 Å². The fraction of sp³-hybridized carbons (Fsp3) is 0.533. The summed E-state index contributed by atoms with van der Waals surface area (Å²) in [5, 5.41) is 6.56. The van der Waals surface area contributed by atoms with Gasteiger partial charge in [0, 0.05) is 17.3 Å². The molecule has 0 saturated carbocycles. The van der Waals surface area contributed by atoms with Gasteiger partial charge in [0.25, 0.3) is 0 Å². The van der Waals surface area contributed by atoms with Gasteiger partial charge in [-0.15, -0.1) is 0 Å². The minimum atomic E-state index is -0.0585. The molecule has 4 nitrogen and oxygen atoms in total. The maximum Gasteiger partial charge on any atom is 0.238 e. The molecule has 110 valence electrons. The molecule has 0 bridgehead atoms. The molecule has 0 radical (unpaired) electrons. The monoisotopic (exact) mass is 296 g/mol. The number of anilines is 1. The van der Waals surface area contributed by atoms with Gasteiger partial charge in [-0.25, -0.2) is 0 Å². The van der Waals surface area contributed by atoms with E-state index in [0.717, 1.165) is 31.7 Å². The summed E-state index contributed by atoms with van der Waals surface area (Å²) in [5.74, 6) is -0.0585. The Labute approximate surface area is 124 Å². The Morgan fingerprint density at radius 2 is 2.30 bits per heavy atom. The van der Waals surface area contributed by atoms with E-state index < -0.39 is 0 Å². The second-order valence-corrected chi connectivity index (χ2v) is 5.45. The third kappa shape index (κ3) is 5.49. The van der Waals surface area contributed by atoms with Gasteiger partial charge in [-0.05, 0) is 50.4 Å². The zero-order chi connectivity index (χ0) is 14.2. The Morgan fingerprint density at radius 3 is 3.05 bits per heavy atom. The predicted molar refractivity (Wildman–Crippen MR) is 81.2 cm³/mol. The van der Waals surface area contributed by atoms with E-state index in [0.29, 0.717) is 17.7 Å². The van der Waals surface area contributed by atoms with Crippen LogP contribution in [0.4, 0.5) is 5.69 Å². The van der Waals surface area contributed by atoms with E-state index in [1.165, 1.54) is 12.8 Å². The molecule has 1 aromatic rings. The zero-order valence-corrected chi connectivity index (χ0v) is 12.3. The number of halogens is 1. The molecule has 1 heterocycles. The highest BCUT2D eigenvalue weighted by atomic mass is 35.5. The molecule has 1 saturated heterocycles. The molecule has 20 heavy (non-hydrogen) atoms. The van der Waals surface area contributed by atoms with Gasteiger partial charge in [0.05, 0.1) is 12.6 Å². The number of ether oxygens (including phenoxy) is 1. The third-order valence-electron chi connectivity index (χ3n) is 3.31. The standard InChI is InChI=1S/C15H21ClN2O2/c16-12-4-3-5-13(10-12)18-15(19)11-17-8-7-14-6-1-2-9-20-14/h3-5,10,14,17H,1-2,6-9,11H2,(H,18,19). The minimum Gasteiger partial charge on any atom is -0.378 e. The predicted octanol–water partition coefficient (Wildman–Crippen LogP) is 2.83. The summed E-state index contributed by atoms with van der Waals surface area (Å²) in [6.07, 6.45) is 4.87. The van der Waals surface area contributed by atoms with Crippen LogP contribution in [0.3, 0.4) is 0 Å². The normalized spacial score (nSPS) is 18.8. The van der Waals surface area contributed by atoms with E-state index in [-0.39, 0.29) is 5.91 Å². The second-order valence-electron chi connectivity index (χ2n) is 5.01. The average Bonchev–Trinajstić information content (AvgIpc) is 2.45. The molecule has 1 fully saturated rings. The lowest BCUT2D eigenvalue weighted by molar-refractivity contribution is -0.115. The second kappa shape index (κ2) is 8.25. The SMILES string of the molecule is O=C(CNCCC1CCCCO1)Nc1cccc(Cl)c1. The highest BCUT2D eigenvalue weighted by molar-refractivity contribution is 6.30. The summed E-state index contributed by atoms with van der Waals surface area (Å²) in [6, 6.07) is 7.14. The van der Waals surface area contributed by atoms with Crippen molar-refractivity contribution in [2.45, 2.75) is 31.8 Å². The lowest BCUT2D eigenvalue weighted by Crippen LogP contribution is -2.31. The van der Waals surface area contributed by atoms with Crippen LogP contribution in [-0.2, 0) is 9.53 Å². The molecular weight excluding hydrogens is 276 g/mol. The van der Waals surface area contributed by atoms with Crippen molar-refractivity contribution in [2.75, 3.05) is 25.0 Å². The van der Waals surface area contributed by atoms with Gasteiger partial charge in [-0.2, -0.15) is 0 Å². The van der Waals surface area contributed by atoms with E-state index in [9.17, 15) is 4.79 Å². The van der Waals surface area contributed by atoms with Crippen molar-refractivity contribution < 1.29 is 9.53 Å². The number of carbonyl (C=O) groups excluding carboxylic acids is 1. The van der Waals surface area contributed by atoms with E-state index >= 15 is 0 Å². The molecule has 1 amide bonds. The molecule has 2 N–H and O–H groups in total. The number of nitrogens with one attached hydrogen (secondary N) is 2. The first-order chi connectivity index (χ1) is 9.74. The molecule has 1 aromatic carbocycles. The molecule has 0 aliphatic carbocycles. The summed E-state index contributed by atoms with van der Waals surface area (Å²) in [5.41, 5.74) is 0.722. The number of amides is 1. The molecule has 1 aliphatic heterocycles. The Hall–Kier alpha value is -1.10. The summed E-state index contributed by atoms with van der Waals surface area (Å²) in [7, 11) is 0. The van der Waals surface area contributed by atoms with Crippen LogP contribution < -0.4 is 10.6 Å². The van der Waals surface area contributed by atoms with Crippen LogP contribution in [0.5, 0.6) is 0 Å². The fourth-order valence-electron chi connectivity index (χ4n) is 2.27. The third-order valence-corrected chi connectivity index (χ3v) is 3.55. The van der Waals surface area contributed by atoms with Gasteiger partial charge in [0.15, 0.2) is 0 Å². The highest BCUT2D eigenvalue weighted by Crippen LogP contribution is 2.15. The van der Waals surface area contributed by atoms with Crippen LogP contribution in [-0.4, -0.2) is 31.7 Å². The molecule has 1 atom stereocenters. The summed E-state index contributed by atoms with van der Waals surface area (Å²) in [4.78, 5) is 11.7. The van der Waals surface area contributed by atoms with Gasteiger partial charge in [-0.1, -0.05) is 17.7 Å². The van der Waals surface area contributed by atoms with E-state index in [1.54, 1.807) is 12.1 Å². The Kier molecular flexibility index (Phi) is 6.30. The van der Waals surface area contributed by atoms with E-state index in [4.69, 9.17) is 16.3 Å². The first kappa shape index (κ1) is 15.3. The molecule has 1 unspecified atom stereocenters. The van der Waals surface area contributed by atoms with Crippen molar-refractivity contribution >= 4 is 23.2 Å². The Bertz CT molecular complexity index is 434. The summed E-state index contributed by atoms with van der Waals surface area (Å²) in [6.45, 7) is 1.98. The number of benzene rings is 1. The molecule has 5 heteroatoms. The molecule has 0 aromatic heterocycles. The van der Waals surface area contributed by atoms with Crippen molar-refractivity contribution in [3.05, 3.63) is 29.3 Å². The number of carbonyl (C=O) groups is 1. The van der Waals surface area contributed by atoms with E-state index in [2.05, 4.69) is 10.6 Å². The van der Waals surface area contributed by atoms with Crippen LogP contribution in [0.2, 0.25) is 5.02 Å². The van der Waals surface area contributed by atoms with Gasteiger partial charge >= 0.3 is 0 Å².